The summed E-state index contributed by atoms with van der Waals surface area (Å²) in [5, 5.41) is 0. The van der Waals surface area contributed by atoms with Crippen molar-refractivity contribution in [2.75, 3.05) is 0 Å². The Bertz CT molecular complexity index is 707. The Balaban J connectivity index is 1.74. The molecule has 1 aromatic heterocycles. The van der Waals surface area contributed by atoms with Crippen LogP contribution in [-0.4, -0.2) is 11.0 Å². The molecule has 0 fully saturated rings. The van der Waals surface area contributed by atoms with Gasteiger partial charge in [-0.05, 0) is 55.2 Å². The summed E-state index contributed by atoms with van der Waals surface area (Å²) >= 11 is 0. The first-order chi connectivity index (χ1) is 14.7. The number of hydrogen-bond acceptors (Lipinski definition) is 3. The van der Waals surface area contributed by atoms with Crippen LogP contribution in [0.1, 0.15) is 96.5 Å². The topological polar surface area (TPSA) is 39.2 Å². The fourth-order valence-electron chi connectivity index (χ4n) is 3.60. The van der Waals surface area contributed by atoms with Crippen molar-refractivity contribution in [1.82, 2.24) is 4.98 Å². The van der Waals surface area contributed by atoms with Gasteiger partial charge in [0.05, 0.1) is 5.69 Å². The summed E-state index contributed by atoms with van der Waals surface area (Å²) in [7, 11) is 0. The third-order valence-corrected chi connectivity index (χ3v) is 5.51. The van der Waals surface area contributed by atoms with Crippen molar-refractivity contribution in [1.29, 1.82) is 0 Å². The zero-order chi connectivity index (χ0) is 21.4. The van der Waals surface area contributed by atoms with Crippen molar-refractivity contribution in [2.45, 2.75) is 97.3 Å². The maximum atomic E-state index is 12.0. The van der Waals surface area contributed by atoms with Gasteiger partial charge in [0.2, 0.25) is 0 Å². The summed E-state index contributed by atoms with van der Waals surface area (Å²) < 4.78 is 5.45. The molecule has 0 amide bonds. The van der Waals surface area contributed by atoms with E-state index < -0.39 is 0 Å². The fraction of sp³-hybridized carbons (Fsp3) is 0.556. The Morgan fingerprint density at radius 2 is 1.40 bits per heavy atom. The van der Waals surface area contributed by atoms with E-state index >= 15 is 0 Å². The molecule has 0 N–H and O–H groups in total. The number of nitrogens with zero attached hydrogens (tertiary/aromatic N) is 1. The summed E-state index contributed by atoms with van der Waals surface area (Å²) in [6, 6.07) is 11.9. The second kappa shape index (κ2) is 14.8. The number of esters is 1. The van der Waals surface area contributed by atoms with Crippen LogP contribution in [0.2, 0.25) is 0 Å². The standard InChI is InChI=1S/C27H39NO2/c1-3-5-7-9-11-12-14-23-16-21-26(28-22-23)24-17-19-25(20-18-24)30-27(29)15-13-10-8-6-4-2/h16-22H,3-15H2,1-2H3. The van der Waals surface area contributed by atoms with Gasteiger partial charge in [-0.2, -0.15) is 0 Å². The summed E-state index contributed by atoms with van der Waals surface area (Å²) in [6.45, 7) is 4.45. The monoisotopic (exact) mass is 409 g/mol. The second-order valence-electron chi connectivity index (χ2n) is 8.23. The van der Waals surface area contributed by atoms with Crippen LogP contribution < -0.4 is 4.74 Å². The largest absolute Gasteiger partial charge is 0.427 e. The van der Waals surface area contributed by atoms with Gasteiger partial charge in [-0.15, -0.1) is 0 Å². The first-order valence-electron chi connectivity index (χ1n) is 12.0. The third-order valence-electron chi connectivity index (χ3n) is 5.51. The first kappa shape index (κ1) is 24.1. The number of aryl methyl sites for hydroxylation is 1. The Labute approximate surface area is 183 Å². The lowest BCUT2D eigenvalue weighted by Gasteiger charge is -2.07. The number of ether oxygens (including phenoxy) is 1. The quantitative estimate of drug-likeness (QED) is 0.170. The van der Waals surface area contributed by atoms with Crippen molar-refractivity contribution in [3.8, 4) is 17.0 Å². The van der Waals surface area contributed by atoms with Gasteiger partial charge in [-0.25, -0.2) is 0 Å². The van der Waals surface area contributed by atoms with Gasteiger partial charge < -0.3 is 4.74 Å². The van der Waals surface area contributed by atoms with E-state index in [2.05, 4.69) is 31.0 Å². The molecule has 0 saturated heterocycles. The molecule has 0 aliphatic rings. The predicted molar refractivity (Wildman–Crippen MR) is 126 cm³/mol. The van der Waals surface area contributed by atoms with Gasteiger partial charge in [0.15, 0.2) is 0 Å². The molecule has 1 heterocycles. The van der Waals surface area contributed by atoms with Gasteiger partial charge in [-0.1, -0.05) is 77.7 Å². The number of carbonyl (C=O) groups excluding carboxylic acids is 1. The van der Waals surface area contributed by atoms with E-state index in [1.807, 2.05) is 30.5 Å². The zero-order valence-electron chi connectivity index (χ0n) is 19.0. The smallest absolute Gasteiger partial charge is 0.311 e. The van der Waals surface area contributed by atoms with Crippen LogP contribution in [0.3, 0.4) is 0 Å². The van der Waals surface area contributed by atoms with Crippen LogP contribution in [0.15, 0.2) is 42.6 Å². The van der Waals surface area contributed by atoms with Crippen molar-refractivity contribution in [2.24, 2.45) is 0 Å². The average molecular weight is 410 g/mol. The number of rotatable bonds is 15. The molecule has 0 atom stereocenters. The molecule has 0 unspecified atom stereocenters. The van der Waals surface area contributed by atoms with E-state index in [4.69, 9.17) is 4.74 Å². The van der Waals surface area contributed by atoms with Crippen molar-refractivity contribution in [3.63, 3.8) is 0 Å². The molecule has 3 heteroatoms. The van der Waals surface area contributed by atoms with Crippen LogP contribution >= 0.6 is 0 Å². The van der Waals surface area contributed by atoms with Crippen molar-refractivity contribution >= 4 is 5.97 Å². The van der Waals surface area contributed by atoms with E-state index in [0.717, 1.165) is 30.5 Å². The number of carbonyl (C=O) groups is 1. The highest BCUT2D eigenvalue weighted by Gasteiger charge is 2.06. The number of pyridine rings is 1. The van der Waals surface area contributed by atoms with Gasteiger partial charge in [0, 0.05) is 18.2 Å². The van der Waals surface area contributed by atoms with Crippen molar-refractivity contribution < 1.29 is 9.53 Å². The van der Waals surface area contributed by atoms with E-state index in [1.54, 1.807) is 0 Å². The molecule has 0 saturated carbocycles. The Morgan fingerprint density at radius 1 is 0.767 bits per heavy atom. The minimum absolute atomic E-state index is 0.142. The van der Waals surface area contributed by atoms with Gasteiger partial charge in [0.25, 0.3) is 0 Å². The van der Waals surface area contributed by atoms with Crippen LogP contribution in [0, 0.1) is 0 Å². The highest BCUT2D eigenvalue weighted by atomic mass is 16.5. The first-order valence-corrected chi connectivity index (χ1v) is 12.0. The molecule has 30 heavy (non-hydrogen) atoms. The maximum absolute atomic E-state index is 12.0. The molecule has 0 spiro atoms. The predicted octanol–water partition coefficient (Wildman–Crippen LogP) is 7.92. The highest BCUT2D eigenvalue weighted by molar-refractivity contribution is 5.72. The van der Waals surface area contributed by atoms with Crippen LogP contribution in [0.25, 0.3) is 11.3 Å². The molecule has 2 rings (SSSR count). The lowest BCUT2D eigenvalue weighted by atomic mass is 10.1. The van der Waals surface area contributed by atoms with E-state index in [-0.39, 0.29) is 5.97 Å². The SMILES string of the molecule is CCCCCCCCc1ccc(-c2ccc(OC(=O)CCCCCCC)cc2)nc1. The highest BCUT2D eigenvalue weighted by Crippen LogP contribution is 2.22. The molecular weight excluding hydrogens is 370 g/mol. The molecule has 0 radical (unpaired) electrons. The molecule has 164 valence electrons. The normalized spacial score (nSPS) is 10.9. The second-order valence-corrected chi connectivity index (χ2v) is 8.23. The number of unbranched alkanes of at least 4 members (excludes halogenated alkanes) is 9. The van der Waals surface area contributed by atoms with Crippen LogP contribution in [0.5, 0.6) is 5.75 Å². The van der Waals surface area contributed by atoms with Crippen LogP contribution in [-0.2, 0) is 11.2 Å². The number of hydrogen-bond donors (Lipinski definition) is 0. The lowest BCUT2D eigenvalue weighted by molar-refractivity contribution is -0.134. The van der Waals surface area contributed by atoms with Gasteiger partial charge >= 0.3 is 5.97 Å². The molecular formula is C27H39NO2. The van der Waals surface area contributed by atoms with Crippen molar-refractivity contribution in [3.05, 3.63) is 48.2 Å². The Kier molecular flexibility index (Phi) is 11.9. The van der Waals surface area contributed by atoms with Crippen LogP contribution in [0.4, 0.5) is 0 Å². The van der Waals surface area contributed by atoms with Gasteiger partial charge in [-0.3, -0.25) is 9.78 Å². The fourth-order valence-corrected chi connectivity index (χ4v) is 3.60. The third kappa shape index (κ3) is 9.56. The Morgan fingerprint density at radius 3 is 2.03 bits per heavy atom. The zero-order valence-corrected chi connectivity index (χ0v) is 19.0. The van der Waals surface area contributed by atoms with E-state index in [1.165, 1.54) is 63.4 Å². The average Bonchev–Trinajstić information content (AvgIpc) is 2.77. The molecule has 2 aromatic rings. The molecule has 1 aromatic carbocycles. The molecule has 0 bridgehead atoms. The maximum Gasteiger partial charge on any atom is 0.311 e. The molecule has 0 aliphatic heterocycles. The molecule has 3 nitrogen and oxygen atoms in total. The number of aromatic nitrogens is 1. The van der Waals surface area contributed by atoms with Gasteiger partial charge in [0.1, 0.15) is 5.75 Å². The van der Waals surface area contributed by atoms with E-state index in [9.17, 15) is 4.79 Å². The summed E-state index contributed by atoms with van der Waals surface area (Å²) in [4.78, 5) is 16.6. The molecule has 0 aliphatic carbocycles. The minimum Gasteiger partial charge on any atom is -0.427 e. The summed E-state index contributed by atoms with van der Waals surface area (Å²) in [6.07, 6.45) is 17.2. The minimum atomic E-state index is -0.142. The number of benzene rings is 1. The summed E-state index contributed by atoms with van der Waals surface area (Å²) in [5.41, 5.74) is 3.30. The summed E-state index contributed by atoms with van der Waals surface area (Å²) in [5.74, 6) is 0.466. The lowest BCUT2D eigenvalue weighted by Crippen LogP contribution is -2.07. The van der Waals surface area contributed by atoms with E-state index in [0.29, 0.717) is 12.2 Å². The Hall–Kier alpha value is -2.16.